The Morgan fingerprint density at radius 1 is 1.45 bits per heavy atom. The molecule has 1 aliphatic rings. The van der Waals surface area contributed by atoms with Gasteiger partial charge in [-0.3, -0.25) is 0 Å². The van der Waals surface area contributed by atoms with E-state index in [-0.39, 0.29) is 0 Å². The Kier molecular flexibility index (Phi) is 1.76. The fraction of sp³-hybridized carbons (Fsp3) is 0.400. The lowest BCUT2D eigenvalue weighted by Gasteiger charge is -2.03. The highest BCUT2D eigenvalue weighted by Crippen LogP contribution is 2.38. The molecule has 0 fully saturated rings. The van der Waals surface area contributed by atoms with E-state index in [1.54, 1.807) is 5.56 Å². The molecule has 0 aromatic heterocycles. The van der Waals surface area contributed by atoms with E-state index in [9.17, 15) is 0 Å². The Hall–Kier alpha value is -0.300. The molecule has 0 spiro atoms. The zero-order valence-electron chi connectivity index (χ0n) is 6.60. The summed E-state index contributed by atoms with van der Waals surface area (Å²) >= 11 is 3.67. The highest BCUT2D eigenvalue weighted by atomic mass is 79.9. The number of hydrogen-bond acceptors (Lipinski definition) is 0. The van der Waals surface area contributed by atoms with Gasteiger partial charge in [-0.15, -0.1) is 0 Å². The Labute approximate surface area is 75.8 Å². The SMILES string of the molecule is Cc1cccc2c1CCC2Br. The smallest absolute Gasteiger partial charge is 0.0401 e. The van der Waals surface area contributed by atoms with Crippen LogP contribution >= 0.6 is 15.9 Å². The van der Waals surface area contributed by atoms with Gasteiger partial charge in [0.1, 0.15) is 0 Å². The lowest BCUT2D eigenvalue weighted by Crippen LogP contribution is -1.86. The standard InChI is InChI=1S/C10H11Br/c1-7-3-2-4-9-8(7)5-6-10(9)11/h2-4,10H,5-6H2,1H3. The number of fused-ring (bicyclic) bond motifs is 1. The van der Waals surface area contributed by atoms with Crippen molar-refractivity contribution in [2.45, 2.75) is 24.6 Å². The first-order valence-electron chi connectivity index (χ1n) is 4.01. The normalized spacial score (nSPS) is 21.8. The number of halogens is 1. The molecule has 0 N–H and O–H groups in total. The molecule has 1 aliphatic carbocycles. The van der Waals surface area contributed by atoms with E-state index >= 15 is 0 Å². The largest absolute Gasteiger partial charge is 0.0839 e. The van der Waals surface area contributed by atoms with Gasteiger partial charge in [-0.25, -0.2) is 0 Å². The van der Waals surface area contributed by atoms with Crippen LogP contribution in [0.25, 0.3) is 0 Å². The van der Waals surface area contributed by atoms with E-state index in [1.165, 1.54) is 24.0 Å². The number of aryl methyl sites for hydroxylation is 1. The average molecular weight is 211 g/mol. The first kappa shape index (κ1) is 7.35. The Bertz CT molecular complexity index is 278. The zero-order valence-corrected chi connectivity index (χ0v) is 8.19. The predicted octanol–water partition coefficient (Wildman–Crippen LogP) is 3.38. The third kappa shape index (κ3) is 1.12. The van der Waals surface area contributed by atoms with Crippen LogP contribution in [0.1, 0.15) is 27.9 Å². The van der Waals surface area contributed by atoms with Crippen molar-refractivity contribution in [2.24, 2.45) is 0 Å². The molecular formula is C10H11Br. The fourth-order valence-electron chi connectivity index (χ4n) is 1.79. The molecule has 2 rings (SSSR count). The number of benzene rings is 1. The zero-order chi connectivity index (χ0) is 7.84. The second kappa shape index (κ2) is 2.63. The van der Waals surface area contributed by atoms with Gasteiger partial charge in [-0.2, -0.15) is 0 Å². The van der Waals surface area contributed by atoms with Crippen molar-refractivity contribution in [3.8, 4) is 0 Å². The third-order valence-electron chi connectivity index (χ3n) is 2.43. The number of hydrogen-bond donors (Lipinski definition) is 0. The summed E-state index contributed by atoms with van der Waals surface area (Å²) in [5, 5.41) is 0. The summed E-state index contributed by atoms with van der Waals surface area (Å²) in [4.78, 5) is 0.609. The number of alkyl halides is 1. The summed E-state index contributed by atoms with van der Waals surface area (Å²) in [6, 6.07) is 6.58. The molecule has 1 atom stereocenters. The van der Waals surface area contributed by atoms with Crippen LogP contribution in [0.2, 0.25) is 0 Å². The lowest BCUT2D eigenvalue weighted by atomic mass is 10.1. The van der Waals surface area contributed by atoms with Gasteiger partial charge in [-0.05, 0) is 36.5 Å². The molecule has 0 nitrogen and oxygen atoms in total. The minimum Gasteiger partial charge on any atom is -0.0839 e. The highest BCUT2D eigenvalue weighted by Gasteiger charge is 2.20. The van der Waals surface area contributed by atoms with Crippen molar-refractivity contribution in [3.05, 3.63) is 34.9 Å². The van der Waals surface area contributed by atoms with Gasteiger partial charge in [0.15, 0.2) is 0 Å². The first-order chi connectivity index (χ1) is 5.29. The molecule has 0 aliphatic heterocycles. The van der Waals surface area contributed by atoms with Crippen LogP contribution in [0, 0.1) is 6.92 Å². The predicted molar refractivity (Wildman–Crippen MR) is 51.2 cm³/mol. The maximum atomic E-state index is 3.67. The number of rotatable bonds is 0. The molecule has 0 amide bonds. The first-order valence-corrected chi connectivity index (χ1v) is 4.93. The van der Waals surface area contributed by atoms with Crippen molar-refractivity contribution >= 4 is 15.9 Å². The molecule has 1 aromatic carbocycles. The highest BCUT2D eigenvalue weighted by molar-refractivity contribution is 9.09. The topological polar surface area (TPSA) is 0 Å². The van der Waals surface area contributed by atoms with E-state index in [2.05, 4.69) is 41.1 Å². The van der Waals surface area contributed by atoms with Crippen molar-refractivity contribution < 1.29 is 0 Å². The molecule has 0 heterocycles. The molecular weight excluding hydrogens is 200 g/mol. The van der Waals surface area contributed by atoms with Crippen molar-refractivity contribution in [1.82, 2.24) is 0 Å². The molecule has 1 heteroatoms. The van der Waals surface area contributed by atoms with E-state index in [4.69, 9.17) is 0 Å². The van der Waals surface area contributed by atoms with Crippen LogP contribution in [0.15, 0.2) is 18.2 Å². The van der Waals surface area contributed by atoms with E-state index in [1.807, 2.05) is 0 Å². The maximum absolute atomic E-state index is 3.67. The van der Waals surface area contributed by atoms with Gasteiger partial charge in [0.2, 0.25) is 0 Å². The Morgan fingerprint density at radius 2 is 2.27 bits per heavy atom. The molecule has 1 aromatic rings. The van der Waals surface area contributed by atoms with Gasteiger partial charge >= 0.3 is 0 Å². The summed E-state index contributed by atoms with van der Waals surface area (Å²) in [5.74, 6) is 0. The summed E-state index contributed by atoms with van der Waals surface area (Å²) in [6.45, 7) is 2.20. The Morgan fingerprint density at radius 3 is 3.00 bits per heavy atom. The van der Waals surface area contributed by atoms with Gasteiger partial charge < -0.3 is 0 Å². The molecule has 0 radical (unpaired) electrons. The summed E-state index contributed by atoms with van der Waals surface area (Å²) in [5.41, 5.74) is 4.52. The van der Waals surface area contributed by atoms with Crippen LogP contribution in [0.3, 0.4) is 0 Å². The molecule has 58 valence electrons. The Balaban J connectivity index is 2.57. The van der Waals surface area contributed by atoms with Gasteiger partial charge in [-0.1, -0.05) is 34.1 Å². The van der Waals surface area contributed by atoms with Crippen LogP contribution in [0.4, 0.5) is 0 Å². The molecule has 11 heavy (non-hydrogen) atoms. The van der Waals surface area contributed by atoms with E-state index in [0.29, 0.717) is 4.83 Å². The molecule has 0 saturated heterocycles. The minimum absolute atomic E-state index is 0.609. The van der Waals surface area contributed by atoms with Crippen LogP contribution in [-0.2, 0) is 6.42 Å². The quantitative estimate of drug-likeness (QED) is 0.577. The van der Waals surface area contributed by atoms with Crippen LogP contribution in [0.5, 0.6) is 0 Å². The third-order valence-corrected chi connectivity index (χ3v) is 3.38. The lowest BCUT2D eigenvalue weighted by molar-refractivity contribution is 0.901. The second-order valence-corrected chi connectivity index (χ2v) is 4.25. The monoisotopic (exact) mass is 210 g/mol. The molecule has 0 bridgehead atoms. The molecule has 0 saturated carbocycles. The van der Waals surface area contributed by atoms with Crippen LogP contribution in [-0.4, -0.2) is 0 Å². The minimum atomic E-state index is 0.609. The summed E-state index contributed by atoms with van der Waals surface area (Å²) in [6.07, 6.45) is 2.51. The average Bonchev–Trinajstić information content (AvgIpc) is 2.35. The maximum Gasteiger partial charge on any atom is 0.0401 e. The van der Waals surface area contributed by atoms with Crippen molar-refractivity contribution in [1.29, 1.82) is 0 Å². The van der Waals surface area contributed by atoms with Gasteiger partial charge in [0.05, 0.1) is 0 Å². The van der Waals surface area contributed by atoms with Gasteiger partial charge in [0, 0.05) is 4.83 Å². The summed E-state index contributed by atoms with van der Waals surface area (Å²) < 4.78 is 0. The van der Waals surface area contributed by atoms with Crippen molar-refractivity contribution in [3.63, 3.8) is 0 Å². The summed E-state index contributed by atoms with van der Waals surface area (Å²) in [7, 11) is 0. The van der Waals surface area contributed by atoms with E-state index in [0.717, 1.165) is 0 Å². The van der Waals surface area contributed by atoms with E-state index < -0.39 is 0 Å². The fourth-order valence-corrected chi connectivity index (χ4v) is 2.44. The van der Waals surface area contributed by atoms with Crippen LogP contribution < -0.4 is 0 Å². The van der Waals surface area contributed by atoms with Crippen molar-refractivity contribution in [2.75, 3.05) is 0 Å². The second-order valence-electron chi connectivity index (χ2n) is 3.15. The molecule has 1 unspecified atom stereocenters. The van der Waals surface area contributed by atoms with Gasteiger partial charge in [0.25, 0.3) is 0 Å².